The first-order chi connectivity index (χ1) is 38.1. The molecule has 8 bridgehead atoms. The first-order valence-corrected chi connectivity index (χ1v) is 33.5. The van der Waals surface area contributed by atoms with E-state index < -0.39 is 40.5 Å². The fraction of sp³-hybridized carbons (Fsp3) is 0.375. The largest absolute Gasteiger partial charge is 2.00 e. The number of rotatable bonds is 24. The van der Waals surface area contributed by atoms with Crippen molar-refractivity contribution in [3.05, 3.63) is 126 Å². The van der Waals surface area contributed by atoms with E-state index in [1.165, 1.54) is 0 Å². The first kappa shape index (κ1) is 61.2. The minimum Gasteiger partial charge on any atom is -0.657 e. The molecule has 1 radical (unpaired) electrons. The summed E-state index contributed by atoms with van der Waals surface area (Å²) in [5.74, 6) is -0.0257. The molecule has 1 saturated heterocycles. The van der Waals surface area contributed by atoms with Crippen molar-refractivity contribution in [3.63, 3.8) is 0 Å². The van der Waals surface area contributed by atoms with Gasteiger partial charge in [0.1, 0.15) is 0 Å². The standard InChI is InChI=1S/C56H65N8O12S4.Mn/c1-77(65,66)73-33-9-29-61-25-5-13-41(37-61)53-45-17-19-47(57-45)54(42-14-6-26-62(38-42)30-10-34-74-78(2,67)68)49-21-23-51(59-49)56(44-16-8-28-64(40-44)32-12-36-76-80(4,71)72)52-24-22-50(60-52)55(48-20-18-46(53)58-48)43-15-7-27-63(39-43)31-11-35-75-79(3,69)70;/h5-7,13-15,17-27,37-39,44H,8-12,16,28-36,40H2,1-4H3;/q+1;+2. The van der Waals surface area contributed by atoms with Crippen LogP contribution in [0.15, 0.2) is 97.8 Å². The number of hydrogen-bond acceptors (Lipinski definition) is 15. The van der Waals surface area contributed by atoms with Crippen molar-refractivity contribution < 1.29 is 81.2 Å². The van der Waals surface area contributed by atoms with Crippen LogP contribution in [-0.2, 0) is 93.9 Å². The molecule has 0 N–H and O–H groups in total. The molecule has 3 aliphatic rings. The van der Waals surface area contributed by atoms with E-state index >= 15 is 0 Å². The molecule has 25 heteroatoms. The van der Waals surface area contributed by atoms with Crippen LogP contribution in [0.4, 0.5) is 0 Å². The number of likely N-dealkylation sites (tertiary alicyclic amines) is 1. The zero-order valence-corrected chi connectivity index (χ0v) is 49.9. The van der Waals surface area contributed by atoms with Gasteiger partial charge >= 0.3 is 17.1 Å². The van der Waals surface area contributed by atoms with E-state index in [1.807, 2.05) is 136 Å². The number of aryl methyl sites for hydroxylation is 3. The Balaban J connectivity index is 0.00000860. The molecule has 6 aromatic heterocycles. The second-order valence-electron chi connectivity index (χ2n) is 20.1. The summed E-state index contributed by atoms with van der Waals surface area (Å²) in [5.41, 5.74) is 10.9. The summed E-state index contributed by atoms with van der Waals surface area (Å²) < 4.78 is 120. The smallest absolute Gasteiger partial charge is 0.657 e. The van der Waals surface area contributed by atoms with Gasteiger partial charge in [-0.05, 0) is 96.5 Å². The summed E-state index contributed by atoms with van der Waals surface area (Å²) in [7, 11) is -14.4. The van der Waals surface area contributed by atoms with Crippen molar-refractivity contribution >= 4 is 86.8 Å². The Labute approximate surface area is 484 Å². The van der Waals surface area contributed by atoms with E-state index in [-0.39, 0.29) is 49.4 Å². The predicted octanol–water partition coefficient (Wildman–Crippen LogP) is 5.42. The normalized spacial score (nSPS) is 15.0. The zero-order chi connectivity index (χ0) is 56.7. The monoisotopic (exact) mass is 1220 g/mol. The van der Waals surface area contributed by atoms with Crippen molar-refractivity contribution in [3.8, 4) is 33.4 Å². The van der Waals surface area contributed by atoms with E-state index in [4.69, 9.17) is 36.7 Å². The van der Waals surface area contributed by atoms with Crippen LogP contribution in [0.5, 0.6) is 0 Å². The van der Waals surface area contributed by atoms with Crippen molar-refractivity contribution in [1.29, 1.82) is 0 Å². The maximum atomic E-state index is 11.8. The Bertz CT molecular complexity index is 3900. The molecule has 1 atom stereocenters. The molecule has 0 aliphatic carbocycles. The van der Waals surface area contributed by atoms with E-state index in [9.17, 15) is 33.7 Å². The summed E-state index contributed by atoms with van der Waals surface area (Å²) >= 11 is 0. The van der Waals surface area contributed by atoms with Gasteiger partial charge in [-0.3, -0.25) is 16.7 Å². The molecule has 1 fully saturated rings. The number of hydrogen-bond donors (Lipinski definition) is 0. The van der Waals surface area contributed by atoms with E-state index in [2.05, 4.69) is 4.90 Å². The van der Waals surface area contributed by atoms with E-state index in [0.29, 0.717) is 92.0 Å². The van der Waals surface area contributed by atoms with Crippen molar-refractivity contribution in [2.75, 3.05) is 71.1 Å². The quantitative estimate of drug-likeness (QED) is 0.0317. The van der Waals surface area contributed by atoms with Gasteiger partial charge in [0.25, 0.3) is 40.5 Å². The van der Waals surface area contributed by atoms with Gasteiger partial charge in [-0.2, -0.15) is 33.7 Å². The van der Waals surface area contributed by atoms with E-state index in [0.717, 1.165) is 94.6 Å². The molecule has 0 aromatic carbocycles. The Morgan fingerprint density at radius 1 is 0.506 bits per heavy atom. The average molecular weight is 1230 g/mol. The van der Waals surface area contributed by atoms with Crippen LogP contribution < -0.4 is 23.7 Å². The predicted molar refractivity (Wildman–Crippen MR) is 304 cm³/mol. The summed E-state index contributed by atoms with van der Waals surface area (Å²) in [6.07, 6.45) is 27.4. The van der Waals surface area contributed by atoms with Crippen molar-refractivity contribution in [2.45, 2.75) is 64.1 Å². The number of aromatic nitrogens is 7. The SMILES string of the molecule is CS(=O)(=O)OCCCN1CCCC(c2c3nc(c(-c4ccc[n+](CCCOS(C)(=O)=O)c4)c4ccc([n-]4)c(-c4ccc[n+](CCCOS(C)(=O)=O)c4)c4nc(c(-c5ccc[n+](CCCOS(C)(=O)=O)c5)c5ccc2[n-]5)C=C4)C=C3)C1.[Mn+2]. The first-order valence-electron chi connectivity index (χ1n) is 26.3. The van der Waals surface area contributed by atoms with Gasteiger partial charge in [-0.25, -0.2) is 23.7 Å². The zero-order valence-electron chi connectivity index (χ0n) is 45.4. The Hall–Kier alpha value is -5.83. The summed E-state index contributed by atoms with van der Waals surface area (Å²) in [5, 5.41) is 0. The molecular formula is C56H65MnN8O12S4+3. The van der Waals surface area contributed by atoms with Crippen LogP contribution in [0.1, 0.15) is 72.8 Å². The van der Waals surface area contributed by atoms with Crippen LogP contribution in [-0.4, -0.2) is 120 Å². The third-order valence-electron chi connectivity index (χ3n) is 13.5. The summed E-state index contributed by atoms with van der Waals surface area (Å²) in [4.78, 5) is 24.2. The number of fused-ring (bicyclic) bond motifs is 8. The van der Waals surface area contributed by atoms with Crippen LogP contribution in [0.3, 0.4) is 0 Å². The molecule has 20 nitrogen and oxygen atoms in total. The number of piperidine rings is 1. The Morgan fingerprint density at radius 2 is 0.864 bits per heavy atom. The second-order valence-corrected chi connectivity index (χ2v) is 26.6. The molecule has 0 amide bonds. The summed E-state index contributed by atoms with van der Waals surface area (Å²) in [6, 6.07) is 19.8. The minimum atomic E-state index is -3.61. The molecule has 429 valence electrons. The van der Waals surface area contributed by atoms with Gasteiger partial charge in [-0.15, -0.1) is 22.1 Å². The Kier molecular flexibility index (Phi) is 20.1. The van der Waals surface area contributed by atoms with Gasteiger partial charge in [0.15, 0.2) is 56.8 Å². The van der Waals surface area contributed by atoms with Crippen LogP contribution in [0.2, 0.25) is 0 Å². The molecule has 0 spiro atoms. The van der Waals surface area contributed by atoms with Crippen molar-refractivity contribution in [1.82, 2.24) is 24.8 Å². The minimum absolute atomic E-state index is 0. The van der Waals surface area contributed by atoms with E-state index in [1.54, 1.807) is 0 Å². The van der Waals surface area contributed by atoms with Gasteiger partial charge in [0.2, 0.25) is 0 Å². The molecule has 1 unspecified atom stereocenters. The molecule has 9 rings (SSSR count). The third kappa shape index (κ3) is 17.1. The van der Waals surface area contributed by atoms with Crippen LogP contribution in [0, 0.1) is 0 Å². The second kappa shape index (κ2) is 26.6. The molecule has 0 saturated carbocycles. The maximum absolute atomic E-state index is 11.8. The Morgan fingerprint density at radius 3 is 1.27 bits per heavy atom. The van der Waals surface area contributed by atoms with Crippen LogP contribution >= 0.6 is 0 Å². The summed E-state index contributed by atoms with van der Waals surface area (Å²) in [6.45, 7) is 3.69. The van der Waals surface area contributed by atoms with Gasteiger partial charge < -0.3 is 14.9 Å². The third-order valence-corrected chi connectivity index (χ3v) is 15.9. The molecule has 6 aromatic rings. The topological polar surface area (TPSA) is 242 Å². The molecular weight excluding hydrogens is 1160 g/mol. The molecule has 81 heavy (non-hydrogen) atoms. The maximum Gasteiger partial charge on any atom is 2.00 e. The van der Waals surface area contributed by atoms with Crippen LogP contribution in [0.25, 0.3) is 79.8 Å². The molecule has 9 heterocycles. The van der Waals surface area contributed by atoms with Gasteiger partial charge in [0.05, 0.1) is 74.2 Å². The fourth-order valence-corrected chi connectivity index (χ4v) is 11.9. The number of nitrogens with zero attached hydrogens (tertiary/aromatic N) is 8. The average Bonchev–Trinajstić information content (AvgIpc) is 4.35. The molecule has 3 aliphatic heterocycles. The number of pyridine rings is 3. The fourth-order valence-electron chi connectivity index (χ4n) is 10.2. The van der Waals surface area contributed by atoms with Gasteiger partial charge in [-0.1, -0.05) is 24.3 Å². The van der Waals surface area contributed by atoms with Gasteiger partial charge in [0, 0.05) is 67.2 Å². The van der Waals surface area contributed by atoms with Crippen molar-refractivity contribution in [2.24, 2.45) is 0 Å².